The Balaban J connectivity index is 3.79. The fourth-order valence-corrected chi connectivity index (χ4v) is 0.925. The van der Waals surface area contributed by atoms with Crippen molar-refractivity contribution in [1.29, 1.82) is 0 Å². The minimum atomic E-state index is -0.721. The fraction of sp³-hybridized carbons (Fsp3) is 0.778. The maximum Gasteiger partial charge on any atom is 0.0886 e. The number of aliphatic hydroxyl groups is 1. The molecule has 2 nitrogen and oxygen atoms in total. The second-order valence-electron chi connectivity index (χ2n) is 2.72. The first-order chi connectivity index (χ1) is 5.18. The van der Waals surface area contributed by atoms with Crippen molar-refractivity contribution < 1.29 is 9.84 Å². The van der Waals surface area contributed by atoms with Crippen molar-refractivity contribution in [1.82, 2.24) is 0 Å². The van der Waals surface area contributed by atoms with Crippen LogP contribution in [0, 0.1) is 12.3 Å². The van der Waals surface area contributed by atoms with Crippen LogP contribution in [0.15, 0.2) is 0 Å². The Hall–Kier alpha value is -0.520. The maximum atomic E-state index is 9.73. The molecule has 0 aliphatic heterocycles. The molecule has 0 aromatic rings. The Bertz CT molecular complexity index is 137. The average molecular weight is 156 g/mol. The van der Waals surface area contributed by atoms with Crippen LogP contribution in [0.25, 0.3) is 0 Å². The predicted octanol–water partition coefficient (Wildman–Crippen LogP) is 1.19. The third-order valence-corrected chi connectivity index (χ3v) is 1.81. The van der Waals surface area contributed by atoms with Crippen molar-refractivity contribution in [3.8, 4) is 12.3 Å². The van der Waals surface area contributed by atoms with Crippen LogP contribution in [0.4, 0.5) is 0 Å². The van der Waals surface area contributed by atoms with Crippen molar-refractivity contribution in [2.45, 2.75) is 31.8 Å². The lowest BCUT2D eigenvalue weighted by Gasteiger charge is -2.24. The van der Waals surface area contributed by atoms with E-state index in [2.05, 4.69) is 5.92 Å². The molecule has 0 aliphatic rings. The van der Waals surface area contributed by atoms with Crippen LogP contribution in [0.3, 0.4) is 0 Å². The first-order valence-corrected chi connectivity index (χ1v) is 3.83. The van der Waals surface area contributed by atoms with Gasteiger partial charge in [-0.15, -0.1) is 12.3 Å². The highest BCUT2D eigenvalue weighted by atomic mass is 16.5. The van der Waals surface area contributed by atoms with Gasteiger partial charge in [-0.2, -0.15) is 0 Å². The molecule has 0 rings (SSSR count). The van der Waals surface area contributed by atoms with Gasteiger partial charge in [0.15, 0.2) is 0 Å². The Morgan fingerprint density at radius 2 is 2.27 bits per heavy atom. The quantitative estimate of drug-likeness (QED) is 0.606. The summed E-state index contributed by atoms with van der Waals surface area (Å²) in [5, 5.41) is 9.73. The molecule has 1 unspecified atom stereocenters. The molecule has 1 N–H and O–H groups in total. The van der Waals surface area contributed by atoms with Crippen LogP contribution in [0.2, 0.25) is 0 Å². The lowest BCUT2D eigenvalue weighted by atomic mass is 9.96. The second-order valence-corrected chi connectivity index (χ2v) is 2.72. The van der Waals surface area contributed by atoms with E-state index < -0.39 is 5.60 Å². The third-order valence-electron chi connectivity index (χ3n) is 1.81. The molecule has 0 heterocycles. The first kappa shape index (κ1) is 10.5. The molecule has 0 spiro atoms. The highest BCUT2D eigenvalue weighted by Crippen LogP contribution is 2.16. The number of methoxy groups -OCH3 is 1. The molecule has 11 heavy (non-hydrogen) atoms. The van der Waals surface area contributed by atoms with E-state index in [4.69, 9.17) is 11.2 Å². The van der Waals surface area contributed by atoms with E-state index in [9.17, 15) is 5.11 Å². The minimum Gasteiger partial charge on any atom is -0.387 e. The minimum absolute atomic E-state index is 0.366. The van der Waals surface area contributed by atoms with Crippen molar-refractivity contribution in [2.75, 3.05) is 13.7 Å². The van der Waals surface area contributed by atoms with Gasteiger partial charge in [-0.1, -0.05) is 6.92 Å². The second kappa shape index (κ2) is 5.17. The monoisotopic (exact) mass is 156 g/mol. The molecule has 1 atom stereocenters. The van der Waals surface area contributed by atoms with Gasteiger partial charge in [0.1, 0.15) is 0 Å². The largest absolute Gasteiger partial charge is 0.387 e. The van der Waals surface area contributed by atoms with Crippen LogP contribution in [0.1, 0.15) is 26.2 Å². The highest BCUT2D eigenvalue weighted by Gasteiger charge is 2.23. The lowest BCUT2D eigenvalue weighted by Crippen LogP contribution is -2.33. The topological polar surface area (TPSA) is 29.5 Å². The normalized spacial score (nSPS) is 15.5. The van der Waals surface area contributed by atoms with Gasteiger partial charge >= 0.3 is 0 Å². The van der Waals surface area contributed by atoms with E-state index in [0.717, 1.165) is 0 Å². The number of hydrogen-bond acceptors (Lipinski definition) is 2. The van der Waals surface area contributed by atoms with E-state index in [-0.39, 0.29) is 0 Å². The zero-order valence-corrected chi connectivity index (χ0v) is 7.26. The number of terminal acetylenes is 1. The molecular formula is C9H16O2. The van der Waals surface area contributed by atoms with Gasteiger partial charge < -0.3 is 9.84 Å². The summed E-state index contributed by atoms with van der Waals surface area (Å²) in [5.74, 6) is 2.50. The molecule has 0 fully saturated rings. The summed E-state index contributed by atoms with van der Waals surface area (Å²) in [4.78, 5) is 0. The molecule has 0 saturated heterocycles. The smallest absolute Gasteiger partial charge is 0.0886 e. The van der Waals surface area contributed by atoms with Crippen LogP contribution < -0.4 is 0 Å². The zero-order valence-electron chi connectivity index (χ0n) is 7.26. The van der Waals surface area contributed by atoms with E-state index in [1.54, 1.807) is 7.11 Å². The van der Waals surface area contributed by atoms with Gasteiger partial charge in [-0.3, -0.25) is 0 Å². The summed E-state index contributed by atoms with van der Waals surface area (Å²) in [6.45, 7) is 2.29. The van der Waals surface area contributed by atoms with Crippen molar-refractivity contribution >= 4 is 0 Å². The Morgan fingerprint density at radius 3 is 2.64 bits per heavy atom. The van der Waals surface area contributed by atoms with E-state index in [1.165, 1.54) is 0 Å². The molecule has 0 saturated carbocycles. The van der Waals surface area contributed by atoms with Gasteiger partial charge in [-0.25, -0.2) is 0 Å². The molecule has 0 aromatic heterocycles. The molecule has 0 radical (unpaired) electrons. The standard InChI is InChI=1S/C9H16O2/c1-4-6-7-9(10,5-2)8-11-3/h1,10H,5-8H2,2-3H3. The van der Waals surface area contributed by atoms with Gasteiger partial charge in [0.05, 0.1) is 12.2 Å². The first-order valence-electron chi connectivity index (χ1n) is 3.83. The molecule has 0 amide bonds. The summed E-state index contributed by atoms with van der Waals surface area (Å²) < 4.78 is 4.88. The van der Waals surface area contributed by atoms with Crippen LogP contribution in [0.5, 0.6) is 0 Å². The third kappa shape index (κ3) is 4.02. The SMILES string of the molecule is C#CCCC(O)(CC)COC. The Labute approximate surface area is 68.6 Å². The van der Waals surface area contributed by atoms with Crippen molar-refractivity contribution in [2.24, 2.45) is 0 Å². The van der Waals surface area contributed by atoms with Crippen molar-refractivity contribution in [3.63, 3.8) is 0 Å². The molecule has 0 bridgehead atoms. The number of hydrogen-bond donors (Lipinski definition) is 1. The predicted molar refractivity (Wildman–Crippen MR) is 45.2 cm³/mol. The Kier molecular flexibility index (Phi) is 4.93. The zero-order chi connectivity index (χ0) is 8.74. The molecule has 0 aromatic carbocycles. The van der Waals surface area contributed by atoms with Gasteiger partial charge in [0, 0.05) is 13.5 Å². The highest BCUT2D eigenvalue weighted by molar-refractivity contribution is 4.88. The molecule has 0 aliphatic carbocycles. The Morgan fingerprint density at radius 1 is 1.64 bits per heavy atom. The van der Waals surface area contributed by atoms with E-state index in [0.29, 0.717) is 25.9 Å². The molecular weight excluding hydrogens is 140 g/mol. The lowest BCUT2D eigenvalue weighted by molar-refractivity contribution is -0.0386. The van der Waals surface area contributed by atoms with Gasteiger partial charge in [0.2, 0.25) is 0 Å². The molecule has 2 heteroatoms. The summed E-state index contributed by atoms with van der Waals surface area (Å²) in [6.07, 6.45) is 6.99. The fourth-order valence-electron chi connectivity index (χ4n) is 0.925. The van der Waals surface area contributed by atoms with Gasteiger partial charge in [-0.05, 0) is 12.8 Å². The van der Waals surface area contributed by atoms with Crippen molar-refractivity contribution in [3.05, 3.63) is 0 Å². The summed E-state index contributed by atoms with van der Waals surface area (Å²) in [5.41, 5.74) is -0.721. The summed E-state index contributed by atoms with van der Waals surface area (Å²) in [7, 11) is 1.58. The number of ether oxygens (including phenoxy) is 1. The van der Waals surface area contributed by atoms with Crippen LogP contribution in [-0.4, -0.2) is 24.4 Å². The summed E-state index contributed by atoms with van der Waals surface area (Å²) in [6, 6.07) is 0. The van der Waals surface area contributed by atoms with Gasteiger partial charge in [0.25, 0.3) is 0 Å². The number of rotatable bonds is 5. The van der Waals surface area contributed by atoms with E-state index >= 15 is 0 Å². The van der Waals surface area contributed by atoms with Crippen LogP contribution in [-0.2, 0) is 4.74 Å². The summed E-state index contributed by atoms with van der Waals surface area (Å²) >= 11 is 0. The van der Waals surface area contributed by atoms with E-state index in [1.807, 2.05) is 6.92 Å². The maximum absolute atomic E-state index is 9.73. The average Bonchev–Trinajstić information content (AvgIpc) is 2.02. The molecule has 64 valence electrons. The van der Waals surface area contributed by atoms with Crippen LogP contribution >= 0.6 is 0 Å².